The molecule has 1 aliphatic rings. The lowest BCUT2D eigenvalue weighted by atomic mass is 10.1. The number of nitrogens with zero attached hydrogens (tertiary/aromatic N) is 3. The number of hydrogen-bond donors (Lipinski definition) is 1. The first-order chi connectivity index (χ1) is 14.8. The highest BCUT2D eigenvalue weighted by molar-refractivity contribution is 7.15. The van der Waals surface area contributed by atoms with Crippen LogP contribution in [0.5, 0.6) is 0 Å². The maximum Gasteiger partial charge on any atom is 0.338 e. The van der Waals surface area contributed by atoms with Gasteiger partial charge in [0, 0.05) is 5.69 Å². The molecule has 0 atom stereocenters. The van der Waals surface area contributed by atoms with Gasteiger partial charge in [0.25, 0.3) is 17.7 Å². The fraction of sp³-hybridized carbons (Fsp3) is 0.143. The Balaban J connectivity index is 1.43. The van der Waals surface area contributed by atoms with E-state index in [0.717, 1.165) is 21.8 Å². The zero-order valence-corrected chi connectivity index (χ0v) is 17.4. The van der Waals surface area contributed by atoms with E-state index in [-0.39, 0.29) is 21.8 Å². The number of amides is 3. The Bertz CT molecular complexity index is 1220. The molecule has 0 unspecified atom stereocenters. The zero-order valence-electron chi connectivity index (χ0n) is 16.5. The summed E-state index contributed by atoms with van der Waals surface area (Å²) in [5.41, 5.74) is 1.91. The van der Waals surface area contributed by atoms with E-state index in [4.69, 9.17) is 4.74 Å². The van der Waals surface area contributed by atoms with Gasteiger partial charge in [-0.3, -0.25) is 14.4 Å². The van der Waals surface area contributed by atoms with Gasteiger partial charge in [0.2, 0.25) is 5.13 Å². The van der Waals surface area contributed by atoms with Crippen molar-refractivity contribution in [1.29, 1.82) is 0 Å². The first-order valence-electron chi connectivity index (χ1n) is 9.20. The van der Waals surface area contributed by atoms with Crippen LogP contribution in [0.25, 0.3) is 0 Å². The van der Waals surface area contributed by atoms with E-state index in [2.05, 4.69) is 15.5 Å². The fourth-order valence-electron chi connectivity index (χ4n) is 2.97. The predicted molar refractivity (Wildman–Crippen MR) is 112 cm³/mol. The van der Waals surface area contributed by atoms with Crippen molar-refractivity contribution < 1.29 is 23.9 Å². The summed E-state index contributed by atoms with van der Waals surface area (Å²) >= 11 is 1.11. The number of ether oxygens (including phenoxy) is 1. The topological polar surface area (TPSA) is 119 Å². The van der Waals surface area contributed by atoms with E-state index in [1.807, 2.05) is 19.1 Å². The summed E-state index contributed by atoms with van der Waals surface area (Å²) in [5.74, 6) is -2.41. The van der Waals surface area contributed by atoms with Crippen LogP contribution in [0.2, 0.25) is 0 Å². The van der Waals surface area contributed by atoms with Crippen molar-refractivity contribution in [3.05, 3.63) is 69.7 Å². The quantitative estimate of drug-likeness (QED) is 0.482. The second-order valence-corrected chi connectivity index (χ2v) is 7.96. The second-order valence-electron chi connectivity index (χ2n) is 6.80. The molecule has 0 aliphatic carbocycles. The van der Waals surface area contributed by atoms with Gasteiger partial charge in [-0.05, 0) is 44.2 Å². The Morgan fingerprint density at radius 1 is 1.00 bits per heavy atom. The number of aromatic nitrogens is 2. The minimum Gasteiger partial charge on any atom is -0.452 e. The molecule has 31 heavy (non-hydrogen) atoms. The van der Waals surface area contributed by atoms with Crippen LogP contribution in [-0.2, 0) is 9.53 Å². The molecule has 0 spiro atoms. The molecule has 0 saturated carbocycles. The van der Waals surface area contributed by atoms with Gasteiger partial charge >= 0.3 is 5.97 Å². The number of carbonyl (C=O) groups is 4. The summed E-state index contributed by atoms with van der Waals surface area (Å²) in [6.07, 6.45) is 0. The number of esters is 1. The molecule has 2 aromatic carbocycles. The third-order valence-electron chi connectivity index (χ3n) is 4.50. The molecule has 2 heterocycles. The Kier molecular flexibility index (Phi) is 5.30. The number of fused-ring (bicyclic) bond motifs is 1. The minimum absolute atomic E-state index is 0.0540. The average molecular weight is 436 g/mol. The minimum atomic E-state index is -0.785. The standard InChI is InChI=1S/C21H16N4O5S/c1-11-3-6-14(7-4-11)22-17(26)10-30-20(29)13-5-8-15-16(9-13)19(28)25(18(15)27)21-24-23-12(2)31-21/h3-9H,10H2,1-2H3,(H,22,26). The molecule has 1 N–H and O–H groups in total. The third-order valence-corrected chi connectivity index (χ3v) is 5.32. The molecule has 0 saturated heterocycles. The first kappa shape index (κ1) is 20.4. The SMILES string of the molecule is Cc1ccc(NC(=O)COC(=O)c2ccc3c(c2)C(=O)N(c2nnc(C)s2)C3=O)cc1. The summed E-state index contributed by atoms with van der Waals surface area (Å²) < 4.78 is 5.04. The van der Waals surface area contributed by atoms with Crippen LogP contribution in [0.15, 0.2) is 42.5 Å². The van der Waals surface area contributed by atoms with E-state index in [1.54, 1.807) is 19.1 Å². The lowest BCUT2D eigenvalue weighted by molar-refractivity contribution is -0.119. The third kappa shape index (κ3) is 4.05. The molecule has 1 aliphatic heterocycles. The van der Waals surface area contributed by atoms with Crippen molar-refractivity contribution in [1.82, 2.24) is 10.2 Å². The Labute approximate surface area is 180 Å². The summed E-state index contributed by atoms with van der Waals surface area (Å²) in [7, 11) is 0. The molecule has 9 nitrogen and oxygen atoms in total. The van der Waals surface area contributed by atoms with Gasteiger partial charge in [0.05, 0.1) is 16.7 Å². The van der Waals surface area contributed by atoms with E-state index >= 15 is 0 Å². The second kappa shape index (κ2) is 8.07. The van der Waals surface area contributed by atoms with Gasteiger partial charge in [-0.1, -0.05) is 29.0 Å². The lowest BCUT2D eigenvalue weighted by Crippen LogP contribution is -2.29. The summed E-state index contributed by atoms with van der Waals surface area (Å²) in [6.45, 7) is 3.14. The first-order valence-corrected chi connectivity index (χ1v) is 10.0. The molecule has 3 aromatic rings. The van der Waals surface area contributed by atoms with Gasteiger partial charge in [0.1, 0.15) is 5.01 Å². The van der Waals surface area contributed by atoms with Crippen LogP contribution >= 0.6 is 11.3 Å². The lowest BCUT2D eigenvalue weighted by Gasteiger charge is -2.08. The largest absolute Gasteiger partial charge is 0.452 e. The molecular weight excluding hydrogens is 420 g/mol. The fourth-order valence-corrected chi connectivity index (χ4v) is 3.65. The highest BCUT2D eigenvalue weighted by atomic mass is 32.1. The average Bonchev–Trinajstić information content (AvgIpc) is 3.28. The molecule has 0 radical (unpaired) electrons. The van der Waals surface area contributed by atoms with Crippen molar-refractivity contribution in [2.45, 2.75) is 13.8 Å². The highest BCUT2D eigenvalue weighted by Crippen LogP contribution is 2.30. The summed E-state index contributed by atoms with van der Waals surface area (Å²) in [4.78, 5) is 50.6. The van der Waals surface area contributed by atoms with Gasteiger partial charge in [-0.15, -0.1) is 10.2 Å². The molecule has 156 valence electrons. The van der Waals surface area contributed by atoms with Crippen molar-refractivity contribution in [2.24, 2.45) is 0 Å². The van der Waals surface area contributed by atoms with Gasteiger partial charge < -0.3 is 10.1 Å². The molecule has 0 fully saturated rings. The van der Waals surface area contributed by atoms with Crippen LogP contribution in [0.4, 0.5) is 10.8 Å². The molecule has 1 aromatic heterocycles. The van der Waals surface area contributed by atoms with Crippen LogP contribution < -0.4 is 10.2 Å². The van der Waals surface area contributed by atoms with E-state index in [0.29, 0.717) is 10.7 Å². The number of rotatable bonds is 5. The molecule has 0 bridgehead atoms. The van der Waals surface area contributed by atoms with E-state index in [9.17, 15) is 19.2 Å². The normalized spacial score (nSPS) is 12.6. The van der Waals surface area contributed by atoms with E-state index < -0.39 is 30.3 Å². The number of aryl methyl sites for hydroxylation is 2. The maximum absolute atomic E-state index is 12.7. The van der Waals surface area contributed by atoms with Gasteiger partial charge in [-0.25, -0.2) is 9.69 Å². The predicted octanol–water partition coefficient (Wildman–Crippen LogP) is 2.75. The van der Waals surface area contributed by atoms with Crippen LogP contribution in [0.3, 0.4) is 0 Å². The monoisotopic (exact) mass is 436 g/mol. The highest BCUT2D eigenvalue weighted by Gasteiger charge is 2.39. The summed E-state index contributed by atoms with van der Waals surface area (Å²) in [6, 6.07) is 11.2. The van der Waals surface area contributed by atoms with Crippen LogP contribution in [0, 0.1) is 13.8 Å². The Morgan fingerprint density at radius 2 is 1.71 bits per heavy atom. The number of anilines is 2. The maximum atomic E-state index is 12.7. The Morgan fingerprint density at radius 3 is 2.39 bits per heavy atom. The zero-order chi connectivity index (χ0) is 22.1. The number of imide groups is 1. The van der Waals surface area contributed by atoms with Crippen molar-refractivity contribution in [3.63, 3.8) is 0 Å². The van der Waals surface area contributed by atoms with Crippen molar-refractivity contribution >= 4 is 45.8 Å². The van der Waals surface area contributed by atoms with Crippen LogP contribution in [-0.4, -0.2) is 40.5 Å². The Hall–Kier alpha value is -3.92. The van der Waals surface area contributed by atoms with Gasteiger partial charge in [-0.2, -0.15) is 0 Å². The number of hydrogen-bond acceptors (Lipinski definition) is 8. The molecule has 10 heteroatoms. The van der Waals surface area contributed by atoms with Crippen LogP contribution in [0.1, 0.15) is 41.6 Å². The smallest absolute Gasteiger partial charge is 0.338 e. The van der Waals surface area contributed by atoms with Crippen molar-refractivity contribution in [3.8, 4) is 0 Å². The van der Waals surface area contributed by atoms with E-state index in [1.165, 1.54) is 18.2 Å². The number of benzene rings is 2. The molecule has 4 rings (SSSR count). The molecular formula is C21H16N4O5S. The van der Waals surface area contributed by atoms with Crippen molar-refractivity contribution in [2.75, 3.05) is 16.8 Å². The van der Waals surface area contributed by atoms with Gasteiger partial charge in [0.15, 0.2) is 6.61 Å². The number of nitrogens with one attached hydrogen (secondary N) is 1. The molecule has 3 amide bonds. The summed E-state index contributed by atoms with van der Waals surface area (Å²) in [5, 5.41) is 11.1. The number of carbonyl (C=O) groups excluding carboxylic acids is 4.